The number of carboxylic acid groups (broad SMARTS) is 1. The van der Waals surface area contributed by atoms with E-state index in [-0.39, 0.29) is 43.5 Å². The average Bonchev–Trinajstić information content (AvgIpc) is 3.17. The average molecular weight is 709 g/mol. The first-order valence-corrected chi connectivity index (χ1v) is 17.9. The summed E-state index contributed by atoms with van der Waals surface area (Å²) >= 11 is 0. The highest BCUT2D eigenvalue weighted by atomic mass is 16.7. The number of fused-ring (bicyclic) bond motifs is 1. The van der Waals surface area contributed by atoms with E-state index in [1.165, 1.54) is 11.1 Å². The lowest BCUT2D eigenvalue weighted by Crippen LogP contribution is -2.45. The minimum Gasteiger partial charge on any atom is -0.493 e. The molecule has 4 unspecified atom stereocenters. The zero-order chi connectivity index (χ0) is 36.6. The van der Waals surface area contributed by atoms with Crippen LogP contribution in [0.4, 0.5) is 0 Å². The molecule has 6 rings (SSSR count). The second kappa shape index (κ2) is 17.2. The summed E-state index contributed by atoms with van der Waals surface area (Å²) in [6.07, 6.45) is 0.409. The van der Waals surface area contributed by atoms with E-state index in [9.17, 15) is 14.7 Å². The van der Waals surface area contributed by atoms with Gasteiger partial charge in [-0.05, 0) is 63.9 Å². The molecular weight excluding hydrogens is 660 g/mol. The van der Waals surface area contributed by atoms with Crippen molar-refractivity contribution in [3.8, 4) is 22.6 Å². The maximum atomic E-state index is 12.4. The number of hydrogen-bond donors (Lipinski definition) is 3. The van der Waals surface area contributed by atoms with Crippen molar-refractivity contribution in [3.05, 3.63) is 118 Å². The van der Waals surface area contributed by atoms with E-state index < -0.39 is 12.3 Å². The highest BCUT2D eigenvalue weighted by Crippen LogP contribution is 2.43. The van der Waals surface area contributed by atoms with Gasteiger partial charge in [0, 0.05) is 50.5 Å². The first kappa shape index (κ1) is 37.0. The predicted octanol–water partition coefficient (Wildman–Crippen LogP) is 6.58. The van der Waals surface area contributed by atoms with Gasteiger partial charge in [0.1, 0.15) is 0 Å². The van der Waals surface area contributed by atoms with Crippen molar-refractivity contribution in [2.75, 3.05) is 27.3 Å². The van der Waals surface area contributed by atoms with Gasteiger partial charge < -0.3 is 34.5 Å². The molecule has 4 aromatic carbocycles. The Bertz CT molecular complexity index is 1830. The van der Waals surface area contributed by atoms with Crippen molar-refractivity contribution in [1.29, 1.82) is 0 Å². The van der Waals surface area contributed by atoms with Crippen LogP contribution in [0.15, 0.2) is 84.9 Å². The SMILES string of the molecule is COc1cc2c(cc1OC)CN(CC1OC(c3ccc(-c4ccccc4CNC(=O)CCCC(=O)O)cc3)OC(c3ccc(CO)cc3)C1C)CC2. The van der Waals surface area contributed by atoms with Gasteiger partial charge >= 0.3 is 5.97 Å². The van der Waals surface area contributed by atoms with Crippen LogP contribution in [0.5, 0.6) is 11.5 Å². The van der Waals surface area contributed by atoms with Crippen molar-refractivity contribution in [3.63, 3.8) is 0 Å². The Morgan fingerprint density at radius 2 is 1.58 bits per heavy atom. The number of nitrogens with zero attached hydrogens (tertiary/aromatic N) is 1. The summed E-state index contributed by atoms with van der Waals surface area (Å²) in [5.41, 5.74) is 8.26. The van der Waals surface area contributed by atoms with Gasteiger partial charge in [-0.1, -0.05) is 79.7 Å². The summed E-state index contributed by atoms with van der Waals surface area (Å²) in [7, 11) is 3.33. The summed E-state index contributed by atoms with van der Waals surface area (Å²) < 4.78 is 24.7. The Hall–Kier alpha value is -4.74. The molecule has 0 aromatic heterocycles. The molecule has 2 aliphatic rings. The molecule has 52 heavy (non-hydrogen) atoms. The molecule has 274 valence electrons. The van der Waals surface area contributed by atoms with Crippen LogP contribution < -0.4 is 14.8 Å². The molecule has 0 saturated carbocycles. The van der Waals surface area contributed by atoms with E-state index in [1.54, 1.807) is 14.2 Å². The number of carboxylic acids is 1. The molecule has 1 saturated heterocycles. The van der Waals surface area contributed by atoms with Crippen LogP contribution in [0.2, 0.25) is 0 Å². The van der Waals surface area contributed by atoms with Gasteiger partial charge in [-0.2, -0.15) is 0 Å². The van der Waals surface area contributed by atoms with E-state index in [0.29, 0.717) is 13.0 Å². The Kier molecular flexibility index (Phi) is 12.2. The maximum absolute atomic E-state index is 12.4. The number of amides is 1. The monoisotopic (exact) mass is 708 g/mol. The fourth-order valence-electron chi connectivity index (χ4n) is 7.14. The molecule has 0 aliphatic carbocycles. The highest BCUT2D eigenvalue weighted by molar-refractivity contribution is 5.77. The predicted molar refractivity (Wildman–Crippen MR) is 197 cm³/mol. The summed E-state index contributed by atoms with van der Waals surface area (Å²) in [5.74, 6) is 0.456. The number of nitrogens with one attached hydrogen (secondary N) is 1. The van der Waals surface area contributed by atoms with E-state index in [4.69, 9.17) is 24.1 Å². The number of aliphatic hydroxyl groups excluding tert-OH is 1. The number of aliphatic carboxylic acids is 1. The Morgan fingerprint density at radius 1 is 0.885 bits per heavy atom. The third kappa shape index (κ3) is 8.82. The molecule has 4 aromatic rings. The molecule has 0 bridgehead atoms. The molecule has 10 heteroatoms. The lowest BCUT2D eigenvalue weighted by atomic mass is 9.89. The number of hydrogen-bond acceptors (Lipinski definition) is 8. The van der Waals surface area contributed by atoms with E-state index in [1.807, 2.05) is 60.7 Å². The van der Waals surface area contributed by atoms with Gasteiger partial charge in [0.15, 0.2) is 17.8 Å². The Labute approximate surface area is 305 Å². The summed E-state index contributed by atoms with van der Waals surface area (Å²) in [6.45, 7) is 4.91. The summed E-state index contributed by atoms with van der Waals surface area (Å²) in [4.78, 5) is 25.6. The Morgan fingerprint density at radius 3 is 2.27 bits per heavy atom. The molecule has 0 spiro atoms. The fourth-order valence-corrected chi connectivity index (χ4v) is 7.14. The third-order valence-electron chi connectivity index (χ3n) is 10.1. The van der Waals surface area contributed by atoms with Crippen molar-refractivity contribution < 1.29 is 38.7 Å². The van der Waals surface area contributed by atoms with E-state index in [2.05, 4.69) is 41.4 Å². The molecule has 1 amide bonds. The zero-order valence-corrected chi connectivity index (χ0v) is 30.0. The van der Waals surface area contributed by atoms with Gasteiger partial charge in [-0.15, -0.1) is 0 Å². The fraction of sp³-hybridized carbons (Fsp3) is 0.381. The molecule has 10 nitrogen and oxygen atoms in total. The van der Waals surface area contributed by atoms with Crippen LogP contribution in [0, 0.1) is 5.92 Å². The van der Waals surface area contributed by atoms with Gasteiger partial charge in [0.2, 0.25) is 5.91 Å². The van der Waals surface area contributed by atoms with Crippen molar-refractivity contribution in [2.45, 2.75) is 70.8 Å². The molecule has 2 heterocycles. The number of aliphatic hydroxyl groups is 1. The number of methoxy groups -OCH3 is 2. The van der Waals surface area contributed by atoms with Crippen LogP contribution in [0.25, 0.3) is 11.1 Å². The lowest BCUT2D eigenvalue weighted by Gasteiger charge is -2.43. The van der Waals surface area contributed by atoms with Crippen molar-refractivity contribution >= 4 is 11.9 Å². The molecule has 3 N–H and O–H groups in total. The lowest BCUT2D eigenvalue weighted by molar-refractivity contribution is -0.276. The van der Waals surface area contributed by atoms with Crippen LogP contribution in [0.1, 0.15) is 72.0 Å². The van der Waals surface area contributed by atoms with Gasteiger partial charge in [0.05, 0.1) is 33.0 Å². The minimum atomic E-state index is -0.904. The van der Waals surface area contributed by atoms with Gasteiger partial charge in [0.25, 0.3) is 0 Å². The molecule has 2 aliphatic heterocycles. The quantitative estimate of drug-likeness (QED) is 0.133. The molecule has 1 fully saturated rings. The minimum absolute atomic E-state index is 0.0164. The largest absolute Gasteiger partial charge is 0.493 e. The summed E-state index contributed by atoms with van der Waals surface area (Å²) in [6, 6.07) is 28.2. The van der Waals surface area contributed by atoms with Crippen LogP contribution in [-0.2, 0) is 45.2 Å². The molecule has 0 radical (unpaired) electrons. The number of benzene rings is 4. The topological polar surface area (TPSA) is 127 Å². The molecular formula is C42H48N2O8. The van der Waals surface area contributed by atoms with Crippen molar-refractivity contribution in [2.24, 2.45) is 5.92 Å². The highest BCUT2D eigenvalue weighted by Gasteiger charge is 2.39. The second-order valence-electron chi connectivity index (χ2n) is 13.6. The van der Waals surface area contributed by atoms with E-state index >= 15 is 0 Å². The smallest absolute Gasteiger partial charge is 0.303 e. The van der Waals surface area contributed by atoms with Gasteiger partial charge in [-0.3, -0.25) is 14.5 Å². The number of carbonyl (C=O) groups is 2. The third-order valence-corrected chi connectivity index (χ3v) is 10.1. The molecule has 4 atom stereocenters. The Balaban J connectivity index is 1.20. The number of rotatable bonds is 14. The van der Waals surface area contributed by atoms with E-state index in [0.717, 1.165) is 70.9 Å². The van der Waals surface area contributed by atoms with Crippen molar-refractivity contribution in [1.82, 2.24) is 10.2 Å². The normalized spacial score (nSPS) is 20.2. The van der Waals surface area contributed by atoms with Crippen LogP contribution in [-0.4, -0.2) is 60.4 Å². The second-order valence-corrected chi connectivity index (χ2v) is 13.6. The van der Waals surface area contributed by atoms with Crippen LogP contribution in [0.3, 0.4) is 0 Å². The first-order chi connectivity index (χ1) is 25.3. The van der Waals surface area contributed by atoms with Gasteiger partial charge in [-0.25, -0.2) is 0 Å². The number of carbonyl (C=O) groups excluding carboxylic acids is 1. The standard InChI is InChI=1S/C42H48N2O8/c1-27-38(25-44-20-19-32-21-36(49-2)37(50-3)22-34(32)24-44)51-42(52-41(27)30-13-11-28(26-45)12-14-30)31-17-15-29(16-18-31)35-8-5-4-7-33(35)23-43-39(46)9-6-10-40(47)48/h4-5,7-8,11-18,21-22,27,38,41-42,45H,6,9-10,19-20,23-26H2,1-3H3,(H,43,46)(H,47,48). The zero-order valence-electron chi connectivity index (χ0n) is 30.0. The summed E-state index contributed by atoms with van der Waals surface area (Å²) in [5, 5.41) is 21.5. The number of ether oxygens (including phenoxy) is 4. The van der Waals surface area contributed by atoms with Crippen LogP contribution >= 0.6 is 0 Å². The first-order valence-electron chi connectivity index (χ1n) is 17.9. The maximum Gasteiger partial charge on any atom is 0.303 e.